The molecule has 0 saturated heterocycles. The molecule has 0 radical (unpaired) electrons. The average Bonchev–Trinajstić information content (AvgIpc) is 2.66. The zero-order valence-electron chi connectivity index (χ0n) is 9.93. The molecular weight excluding hydrogens is 196 g/mol. The van der Waals surface area contributed by atoms with Gasteiger partial charge in [-0.05, 0) is 23.5 Å². The highest BCUT2D eigenvalue weighted by atomic mass is 15.3. The van der Waals surface area contributed by atoms with Gasteiger partial charge in [-0.25, -0.2) is 0 Å². The summed E-state index contributed by atoms with van der Waals surface area (Å²) in [7, 11) is 0. The van der Waals surface area contributed by atoms with Crippen LogP contribution in [0.15, 0.2) is 42.7 Å². The Morgan fingerprint density at radius 3 is 2.56 bits per heavy atom. The molecule has 2 aromatic rings. The number of nitrogens with zero attached hydrogens (tertiary/aromatic N) is 2. The van der Waals surface area contributed by atoms with Crippen molar-refractivity contribution in [2.24, 2.45) is 5.92 Å². The Morgan fingerprint density at radius 2 is 1.88 bits per heavy atom. The summed E-state index contributed by atoms with van der Waals surface area (Å²) in [6, 6.07) is 10.4. The smallest absolute Gasteiger partial charge is 0.0659 e. The summed E-state index contributed by atoms with van der Waals surface area (Å²) in [4.78, 5) is 0. The van der Waals surface area contributed by atoms with Crippen LogP contribution < -0.4 is 0 Å². The molecule has 0 atom stereocenters. The number of hydrogen-bond donors (Lipinski definition) is 0. The summed E-state index contributed by atoms with van der Waals surface area (Å²) in [5.41, 5.74) is 2.62. The van der Waals surface area contributed by atoms with Gasteiger partial charge in [-0.1, -0.05) is 44.2 Å². The molecule has 1 aromatic heterocycles. The molecule has 2 heteroatoms. The molecule has 1 heterocycles. The monoisotopic (exact) mass is 214 g/mol. The molecule has 0 N–H and O–H groups in total. The van der Waals surface area contributed by atoms with Gasteiger partial charge < -0.3 is 0 Å². The third kappa shape index (κ3) is 2.96. The topological polar surface area (TPSA) is 17.8 Å². The van der Waals surface area contributed by atoms with Gasteiger partial charge in [0.2, 0.25) is 0 Å². The number of aromatic nitrogens is 2. The van der Waals surface area contributed by atoms with E-state index in [-0.39, 0.29) is 0 Å². The third-order valence-electron chi connectivity index (χ3n) is 2.52. The van der Waals surface area contributed by atoms with Crippen LogP contribution in [0, 0.1) is 5.92 Å². The Kier molecular flexibility index (Phi) is 3.40. The van der Waals surface area contributed by atoms with Crippen molar-refractivity contribution in [2.45, 2.75) is 26.8 Å². The van der Waals surface area contributed by atoms with Crippen molar-refractivity contribution in [3.8, 4) is 0 Å². The van der Waals surface area contributed by atoms with E-state index in [2.05, 4.69) is 49.4 Å². The maximum Gasteiger partial charge on any atom is 0.0659 e. The molecular formula is C14H18N2. The molecule has 0 saturated carbocycles. The van der Waals surface area contributed by atoms with Crippen molar-refractivity contribution in [3.05, 3.63) is 53.9 Å². The quantitative estimate of drug-likeness (QED) is 0.764. The van der Waals surface area contributed by atoms with E-state index < -0.39 is 0 Å². The predicted octanol–water partition coefficient (Wildman–Crippen LogP) is 3.13. The second-order valence-corrected chi connectivity index (χ2v) is 4.63. The van der Waals surface area contributed by atoms with Crippen LogP contribution in [-0.2, 0) is 13.0 Å². The summed E-state index contributed by atoms with van der Waals surface area (Å²) >= 11 is 0. The van der Waals surface area contributed by atoms with Gasteiger partial charge >= 0.3 is 0 Å². The lowest BCUT2D eigenvalue weighted by atomic mass is 10.1. The Balaban J connectivity index is 2.03. The zero-order chi connectivity index (χ0) is 11.4. The highest BCUT2D eigenvalue weighted by Gasteiger charge is 2.01. The minimum absolute atomic E-state index is 0.689. The van der Waals surface area contributed by atoms with E-state index in [1.165, 1.54) is 11.1 Å². The van der Waals surface area contributed by atoms with Crippen LogP contribution in [0.3, 0.4) is 0 Å². The summed E-state index contributed by atoms with van der Waals surface area (Å²) < 4.78 is 2.01. The Labute approximate surface area is 96.9 Å². The fourth-order valence-electron chi connectivity index (χ4n) is 1.84. The Bertz CT molecular complexity index is 429. The standard InChI is InChI=1S/C14H18N2/c1-12(2)8-14-9-15-16(11-14)10-13-6-4-3-5-7-13/h3-7,9,11-12H,8,10H2,1-2H3. The number of hydrogen-bond acceptors (Lipinski definition) is 1. The summed E-state index contributed by atoms with van der Waals surface area (Å²) in [6.45, 7) is 5.32. The van der Waals surface area contributed by atoms with E-state index in [0.717, 1.165) is 13.0 Å². The van der Waals surface area contributed by atoms with Gasteiger partial charge in [0.1, 0.15) is 0 Å². The molecule has 0 unspecified atom stereocenters. The highest BCUT2D eigenvalue weighted by Crippen LogP contribution is 2.08. The molecule has 84 valence electrons. The number of benzene rings is 1. The van der Waals surface area contributed by atoms with E-state index in [9.17, 15) is 0 Å². The van der Waals surface area contributed by atoms with Crippen molar-refractivity contribution in [1.82, 2.24) is 9.78 Å². The Morgan fingerprint density at radius 1 is 1.12 bits per heavy atom. The van der Waals surface area contributed by atoms with Crippen molar-refractivity contribution in [1.29, 1.82) is 0 Å². The van der Waals surface area contributed by atoms with E-state index >= 15 is 0 Å². The fraction of sp³-hybridized carbons (Fsp3) is 0.357. The van der Waals surface area contributed by atoms with Gasteiger partial charge in [0.25, 0.3) is 0 Å². The fourth-order valence-corrected chi connectivity index (χ4v) is 1.84. The van der Waals surface area contributed by atoms with Crippen LogP contribution >= 0.6 is 0 Å². The van der Waals surface area contributed by atoms with Gasteiger partial charge in [0, 0.05) is 6.20 Å². The molecule has 0 fully saturated rings. The van der Waals surface area contributed by atoms with Gasteiger partial charge in [0.15, 0.2) is 0 Å². The van der Waals surface area contributed by atoms with Crippen LogP contribution in [-0.4, -0.2) is 9.78 Å². The molecule has 0 aliphatic heterocycles. The summed E-state index contributed by atoms with van der Waals surface area (Å²) in [5.74, 6) is 0.689. The van der Waals surface area contributed by atoms with Crippen molar-refractivity contribution >= 4 is 0 Å². The first kappa shape index (κ1) is 10.9. The van der Waals surface area contributed by atoms with Crippen molar-refractivity contribution in [3.63, 3.8) is 0 Å². The second-order valence-electron chi connectivity index (χ2n) is 4.63. The molecule has 2 rings (SSSR count). The summed E-state index contributed by atoms with van der Waals surface area (Å²) in [6.07, 6.45) is 5.23. The Hall–Kier alpha value is -1.57. The highest BCUT2D eigenvalue weighted by molar-refractivity contribution is 5.15. The van der Waals surface area contributed by atoms with Gasteiger partial charge in [0.05, 0.1) is 12.7 Å². The zero-order valence-corrected chi connectivity index (χ0v) is 9.93. The maximum atomic E-state index is 4.38. The van der Waals surface area contributed by atoms with Gasteiger partial charge in [-0.15, -0.1) is 0 Å². The maximum absolute atomic E-state index is 4.38. The largest absolute Gasteiger partial charge is 0.268 e. The summed E-state index contributed by atoms with van der Waals surface area (Å²) in [5, 5.41) is 4.38. The van der Waals surface area contributed by atoms with Crippen LogP contribution in [0.5, 0.6) is 0 Å². The first-order valence-electron chi connectivity index (χ1n) is 5.79. The van der Waals surface area contributed by atoms with E-state index in [1.807, 2.05) is 16.9 Å². The lowest BCUT2D eigenvalue weighted by Crippen LogP contribution is -1.99. The van der Waals surface area contributed by atoms with Crippen LogP contribution in [0.2, 0.25) is 0 Å². The average molecular weight is 214 g/mol. The molecule has 0 amide bonds. The van der Waals surface area contributed by atoms with E-state index in [1.54, 1.807) is 0 Å². The molecule has 0 spiro atoms. The van der Waals surface area contributed by atoms with Gasteiger partial charge in [-0.3, -0.25) is 4.68 Å². The minimum Gasteiger partial charge on any atom is -0.268 e. The van der Waals surface area contributed by atoms with E-state index in [0.29, 0.717) is 5.92 Å². The lowest BCUT2D eigenvalue weighted by molar-refractivity contribution is 0.644. The van der Waals surface area contributed by atoms with E-state index in [4.69, 9.17) is 0 Å². The normalized spacial score (nSPS) is 10.9. The van der Waals surface area contributed by atoms with Crippen molar-refractivity contribution < 1.29 is 0 Å². The molecule has 0 aliphatic carbocycles. The van der Waals surface area contributed by atoms with Gasteiger partial charge in [-0.2, -0.15) is 5.10 Å². The number of rotatable bonds is 4. The first-order valence-corrected chi connectivity index (χ1v) is 5.79. The van der Waals surface area contributed by atoms with Crippen LogP contribution in [0.25, 0.3) is 0 Å². The SMILES string of the molecule is CC(C)Cc1cnn(Cc2ccccc2)c1. The second kappa shape index (κ2) is 4.97. The molecule has 1 aromatic carbocycles. The first-order chi connectivity index (χ1) is 7.74. The molecule has 16 heavy (non-hydrogen) atoms. The predicted molar refractivity (Wildman–Crippen MR) is 66.3 cm³/mol. The molecule has 0 aliphatic rings. The molecule has 0 bridgehead atoms. The third-order valence-corrected chi connectivity index (χ3v) is 2.52. The van der Waals surface area contributed by atoms with Crippen LogP contribution in [0.1, 0.15) is 25.0 Å². The minimum atomic E-state index is 0.689. The van der Waals surface area contributed by atoms with Crippen molar-refractivity contribution in [2.75, 3.05) is 0 Å². The molecule has 2 nitrogen and oxygen atoms in total. The lowest BCUT2D eigenvalue weighted by Gasteiger charge is -2.01. The van der Waals surface area contributed by atoms with Crippen LogP contribution in [0.4, 0.5) is 0 Å².